The number of anilines is 1. The molecular weight excluding hydrogens is 247 g/mol. The first-order valence-electron chi connectivity index (χ1n) is 6.27. The topological polar surface area (TPSA) is 83.7 Å². The van der Waals surface area contributed by atoms with Crippen LogP contribution in [0.15, 0.2) is 18.5 Å². The van der Waals surface area contributed by atoms with E-state index in [1.807, 2.05) is 0 Å². The van der Waals surface area contributed by atoms with E-state index in [4.69, 9.17) is 5.73 Å². The highest BCUT2D eigenvalue weighted by atomic mass is 19.1. The zero-order chi connectivity index (χ0) is 13.2. The Morgan fingerprint density at radius 1 is 1.37 bits per heavy atom. The van der Waals surface area contributed by atoms with Gasteiger partial charge in [-0.2, -0.15) is 4.98 Å². The molecule has 7 heteroatoms. The Kier molecular flexibility index (Phi) is 3.12. The number of nitrogens with two attached hydrogens (primary N) is 1. The van der Waals surface area contributed by atoms with Gasteiger partial charge in [0.2, 0.25) is 5.95 Å². The van der Waals surface area contributed by atoms with E-state index in [1.165, 1.54) is 6.20 Å². The van der Waals surface area contributed by atoms with Gasteiger partial charge in [-0.25, -0.2) is 4.39 Å². The lowest BCUT2D eigenvalue weighted by Crippen LogP contribution is -2.40. The molecule has 0 amide bonds. The molecule has 0 aliphatic carbocycles. The molecule has 2 aromatic rings. The summed E-state index contributed by atoms with van der Waals surface area (Å²) in [5.74, 6) is 0.605. The molecule has 0 unspecified atom stereocenters. The summed E-state index contributed by atoms with van der Waals surface area (Å²) in [4.78, 5) is 10.1. The number of piperidine rings is 1. The van der Waals surface area contributed by atoms with Crippen molar-refractivity contribution < 1.29 is 4.39 Å². The fourth-order valence-corrected chi connectivity index (χ4v) is 2.18. The molecule has 19 heavy (non-hydrogen) atoms. The molecule has 2 aromatic heterocycles. The first kappa shape index (κ1) is 12.0. The molecule has 6 nitrogen and oxygen atoms in total. The van der Waals surface area contributed by atoms with Crippen LogP contribution in [0.4, 0.5) is 10.3 Å². The van der Waals surface area contributed by atoms with Crippen LogP contribution in [-0.2, 0) is 0 Å². The SMILES string of the molecule is NC1CCN(c2n[nH]c(-c3ccncc3F)n2)CC1. The quantitative estimate of drug-likeness (QED) is 0.841. The minimum atomic E-state index is -0.411. The van der Waals surface area contributed by atoms with Crippen molar-refractivity contribution >= 4 is 5.95 Å². The molecule has 0 atom stereocenters. The van der Waals surface area contributed by atoms with E-state index in [2.05, 4.69) is 25.1 Å². The summed E-state index contributed by atoms with van der Waals surface area (Å²) in [6.07, 6.45) is 4.54. The van der Waals surface area contributed by atoms with Crippen molar-refractivity contribution in [3.8, 4) is 11.4 Å². The maximum absolute atomic E-state index is 13.6. The fraction of sp³-hybridized carbons (Fsp3) is 0.417. The first-order valence-corrected chi connectivity index (χ1v) is 6.27. The summed E-state index contributed by atoms with van der Waals surface area (Å²) in [6, 6.07) is 1.83. The molecule has 0 saturated carbocycles. The Morgan fingerprint density at radius 3 is 2.89 bits per heavy atom. The van der Waals surface area contributed by atoms with Crippen LogP contribution in [0, 0.1) is 5.82 Å². The van der Waals surface area contributed by atoms with Crippen LogP contribution in [0.2, 0.25) is 0 Å². The van der Waals surface area contributed by atoms with Crippen molar-refractivity contribution in [2.45, 2.75) is 18.9 Å². The van der Waals surface area contributed by atoms with Crippen LogP contribution in [-0.4, -0.2) is 39.3 Å². The van der Waals surface area contributed by atoms with Crippen LogP contribution in [0.3, 0.4) is 0 Å². The van der Waals surface area contributed by atoms with E-state index in [0.717, 1.165) is 32.1 Å². The lowest BCUT2D eigenvalue weighted by molar-refractivity contribution is 0.496. The predicted molar refractivity (Wildman–Crippen MR) is 69.0 cm³/mol. The summed E-state index contributed by atoms with van der Waals surface area (Å²) in [5.41, 5.74) is 6.24. The highest BCUT2D eigenvalue weighted by Gasteiger charge is 2.20. The molecule has 0 aromatic carbocycles. The van der Waals surface area contributed by atoms with Crippen molar-refractivity contribution in [2.24, 2.45) is 5.73 Å². The van der Waals surface area contributed by atoms with Crippen LogP contribution >= 0.6 is 0 Å². The van der Waals surface area contributed by atoms with Gasteiger partial charge in [-0.15, -0.1) is 5.10 Å². The number of aromatic amines is 1. The number of H-pyrrole nitrogens is 1. The van der Waals surface area contributed by atoms with E-state index >= 15 is 0 Å². The summed E-state index contributed by atoms with van der Waals surface area (Å²) in [5, 5.41) is 6.91. The lowest BCUT2D eigenvalue weighted by atomic mass is 10.1. The highest BCUT2D eigenvalue weighted by molar-refractivity contribution is 5.56. The van der Waals surface area contributed by atoms with Crippen molar-refractivity contribution in [2.75, 3.05) is 18.0 Å². The number of hydrogen-bond acceptors (Lipinski definition) is 5. The molecule has 1 aliphatic rings. The average Bonchev–Trinajstić information content (AvgIpc) is 2.89. The average molecular weight is 262 g/mol. The van der Waals surface area contributed by atoms with Gasteiger partial charge < -0.3 is 10.6 Å². The Bertz CT molecular complexity index is 561. The van der Waals surface area contributed by atoms with Gasteiger partial charge in [-0.05, 0) is 18.9 Å². The third kappa shape index (κ3) is 2.41. The van der Waals surface area contributed by atoms with Gasteiger partial charge in [-0.1, -0.05) is 0 Å². The number of pyridine rings is 1. The maximum Gasteiger partial charge on any atom is 0.245 e. The van der Waals surface area contributed by atoms with E-state index in [0.29, 0.717) is 17.3 Å². The van der Waals surface area contributed by atoms with Crippen LogP contribution in [0.25, 0.3) is 11.4 Å². The monoisotopic (exact) mass is 262 g/mol. The molecule has 0 spiro atoms. The largest absolute Gasteiger partial charge is 0.339 e. The second-order valence-corrected chi connectivity index (χ2v) is 4.66. The highest BCUT2D eigenvalue weighted by Crippen LogP contribution is 2.21. The van der Waals surface area contributed by atoms with Crippen molar-refractivity contribution in [3.63, 3.8) is 0 Å². The minimum Gasteiger partial charge on any atom is -0.339 e. The van der Waals surface area contributed by atoms with Crippen LogP contribution in [0.1, 0.15) is 12.8 Å². The Morgan fingerprint density at radius 2 is 2.16 bits per heavy atom. The summed E-state index contributed by atoms with van der Waals surface area (Å²) >= 11 is 0. The zero-order valence-corrected chi connectivity index (χ0v) is 10.4. The van der Waals surface area contributed by atoms with Gasteiger partial charge in [0.25, 0.3) is 0 Å². The second kappa shape index (κ2) is 4.93. The molecule has 100 valence electrons. The molecular formula is C12H15FN6. The van der Waals surface area contributed by atoms with Crippen LogP contribution < -0.4 is 10.6 Å². The molecule has 3 N–H and O–H groups in total. The molecule has 0 radical (unpaired) electrons. The molecule has 0 bridgehead atoms. The Balaban J connectivity index is 1.82. The Labute approximate surface area is 109 Å². The van der Waals surface area contributed by atoms with Gasteiger partial charge in [0, 0.05) is 25.3 Å². The van der Waals surface area contributed by atoms with E-state index in [9.17, 15) is 4.39 Å². The van der Waals surface area contributed by atoms with Gasteiger partial charge in [0.15, 0.2) is 11.6 Å². The number of nitrogens with one attached hydrogen (secondary N) is 1. The third-order valence-corrected chi connectivity index (χ3v) is 3.32. The maximum atomic E-state index is 13.6. The Hall–Kier alpha value is -2.02. The van der Waals surface area contributed by atoms with Gasteiger partial charge in [0.1, 0.15) is 0 Å². The number of aromatic nitrogens is 4. The molecule has 3 heterocycles. The third-order valence-electron chi connectivity index (χ3n) is 3.32. The predicted octanol–water partition coefficient (Wildman–Crippen LogP) is 0.933. The number of halogens is 1. The van der Waals surface area contributed by atoms with Gasteiger partial charge >= 0.3 is 0 Å². The second-order valence-electron chi connectivity index (χ2n) is 4.66. The minimum absolute atomic E-state index is 0.257. The summed E-state index contributed by atoms with van der Waals surface area (Å²) in [7, 11) is 0. The standard InChI is InChI=1S/C12H15FN6/c13-10-7-15-4-1-9(10)11-16-12(18-17-11)19-5-2-8(14)3-6-19/h1,4,7-8H,2-3,5-6,14H2,(H,16,17,18). The first-order chi connectivity index (χ1) is 9.24. The van der Waals surface area contributed by atoms with Crippen molar-refractivity contribution in [3.05, 3.63) is 24.3 Å². The van der Waals surface area contributed by atoms with Gasteiger partial charge in [-0.3, -0.25) is 10.1 Å². The number of rotatable bonds is 2. The molecule has 1 saturated heterocycles. The zero-order valence-electron chi connectivity index (χ0n) is 10.4. The number of nitrogens with zero attached hydrogens (tertiary/aromatic N) is 4. The smallest absolute Gasteiger partial charge is 0.245 e. The molecule has 1 fully saturated rings. The van der Waals surface area contributed by atoms with E-state index < -0.39 is 5.82 Å². The van der Waals surface area contributed by atoms with Crippen molar-refractivity contribution in [1.29, 1.82) is 0 Å². The van der Waals surface area contributed by atoms with E-state index in [-0.39, 0.29) is 6.04 Å². The molecule has 3 rings (SSSR count). The molecule has 1 aliphatic heterocycles. The summed E-state index contributed by atoms with van der Waals surface area (Å²) in [6.45, 7) is 1.66. The lowest BCUT2D eigenvalue weighted by Gasteiger charge is -2.28. The summed E-state index contributed by atoms with van der Waals surface area (Å²) < 4.78 is 13.6. The van der Waals surface area contributed by atoms with Crippen LogP contribution in [0.5, 0.6) is 0 Å². The fourth-order valence-electron chi connectivity index (χ4n) is 2.18. The van der Waals surface area contributed by atoms with E-state index in [1.54, 1.807) is 6.07 Å². The van der Waals surface area contributed by atoms with Crippen molar-refractivity contribution in [1.82, 2.24) is 20.2 Å². The number of hydrogen-bond donors (Lipinski definition) is 2. The van der Waals surface area contributed by atoms with Gasteiger partial charge in [0.05, 0.1) is 11.8 Å². The normalized spacial score (nSPS) is 16.8.